The van der Waals surface area contributed by atoms with E-state index in [0.29, 0.717) is 42.8 Å². The Morgan fingerprint density at radius 1 is 1.00 bits per heavy atom. The Hall–Kier alpha value is -1.84. The summed E-state index contributed by atoms with van der Waals surface area (Å²) >= 11 is 0. The van der Waals surface area contributed by atoms with Crippen LogP contribution in [0.1, 0.15) is 56.0 Å². The van der Waals surface area contributed by atoms with Crippen molar-refractivity contribution in [3.05, 3.63) is 48.0 Å². The fourth-order valence-electron chi connectivity index (χ4n) is 4.47. The molecular weight excluding hydrogens is 410 g/mol. The van der Waals surface area contributed by atoms with Crippen LogP contribution in [0.2, 0.25) is 0 Å². The van der Waals surface area contributed by atoms with Gasteiger partial charge in [-0.25, -0.2) is 13.4 Å². The second-order valence-electron chi connectivity index (χ2n) is 8.11. The second kappa shape index (κ2) is 9.11. The van der Waals surface area contributed by atoms with Gasteiger partial charge in [0.05, 0.1) is 11.4 Å². The highest BCUT2D eigenvalue weighted by Crippen LogP contribution is 2.33. The molecule has 0 radical (unpaired) electrons. The van der Waals surface area contributed by atoms with Crippen LogP contribution < -0.4 is 0 Å². The van der Waals surface area contributed by atoms with Crippen molar-refractivity contribution in [3.8, 4) is 0 Å². The van der Waals surface area contributed by atoms with Crippen LogP contribution >= 0.6 is 0 Å². The van der Waals surface area contributed by atoms with Gasteiger partial charge in [0.2, 0.25) is 10.0 Å². The van der Waals surface area contributed by atoms with Crippen LogP contribution in [-0.4, -0.2) is 53.4 Å². The molecule has 2 heterocycles. The van der Waals surface area contributed by atoms with Crippen molar-refractivity contribution in [1.29, 1.82) is 0 Å². The van der Waals surface area contributed by atoms with E-state index in [2.05, 4.69) is 4.98 Å². The lowest BCUT2D eigenvalue weighted by atomic mass is 9.84. The van der Waals surface area contributed by atoms with Gasteiger partial charge in [-0.1, -0.05) is 31.4 Å². The first-order valence-corrected chi connectivity index (χ1v) is 12.0. The monoisotopic (exact) mass is 438 g/mol. The maximum Gasteiger partial charge on any atom is 0.319 e. The van der Waals surface area contributed by atoms with Crippen LogP contribution in [0.3, 0.4) is 0 Å². The van der Waals surface area contributed by atoms with E-state index < -0.39 is 16.6 Å². The van der Waals surface area contributed by atoms with Gasteiger partial charge in [0.25, 0.3) is 0 Å². The zero-order chi connectivity index (χ0) is 21.1. The Labute approximate surface area is 176 Å². The molecule has 0 bridgehead atoms. The van der Waals surface area contributed by atoms with Crippen LogP contribution in [-0.2, 0) is 16.6 Å². The molecule has 1 saturated heterocycles. The predicted octanol–water partition coefficient (Wildman–Crippen LogP) is 3.83. The highest BCUT2D eigenvalue weighted by atomic mass is 32.2. The normalized spacial score (nSPS) is 20.1. The molecule has 9 heteroatoms. The zero-order valence-corrected chi connectivity index (χ0v) is 17.8. The molecule has 0 atom stereocenters. The van der Waals surface area contributed by atoms with E-state index in [-0.39, 0.29) is 6.54 Å². The number of aromatic nitrogens is 2. The summed E-state index contributed by atoms with van der Waals surface area (Å²) in [7, 11) is -3.55. The number of piperazine rings is 1. The Balaban J connectivity index is 1.37. The number of halogens is 2. The number of nitrogens with zero attached hydrogens (tertiary/aromatic N) is 4. The minimum atomic E-state index is -3.55. The topological polar surface area (TPSA) is 58.4 Å². The molecule has 1 aliphatic heterocycles. The fourth-order valence-corrected chi connectivity index (χ4v) is 5.89. The van der Waals surface area contributed by atoms with E-state index in [1.807, 2.05) is 17.0 Å². The lowest BCUT2D eigenvalue weighted by molar-refractivity contribution is 0.0626. The number of sulfonamides is 1. The quantitative estimate of drug-likeness (QED) is 0.688. The van der Waals surface area contributed by atoms with E-state index in [1.54, 1.807) is 12.1 Å². The summed E-state index contributed by atoms with van der Waals surface area (Å²) in [5, 5.41) is 0. The molecule has 30 heavy (non-hydrogen) atoms. The van der Waals surface area contributed by atoms with Crippen LogP contribution in [0, 0.1) is 0 Å². The first kappa shape index (κ1) is 21.4. The third kappa shape index (κ3) is 4.58. The molecule has 6 nitrogen and oxygen atoms in total. The molecule has 0 amide bonds. The van der Waals surface area contributed by atoms with E-state index in [1.165, 1.54) is 54.4 Å². The lowest BCUT2D eigenvalue weighted by Crippen LogP contribution is -2.48. The fraction of sp³-hybridized carbons (Fsp3) is 0.571. The molecule has 2 fully saturated rings. The third-order valence-electron chi connectivity index (χ3n) is 6.25. The standard InChI is InChI=1S/C21H28F2N4O2S/c22-21(23)27-11-10-24-20(27)16-25-12-14-26(15-13-25)30(28,29)19-8-6-18(7-9-19)17-4-2-1-3-5-17/h6-11,17,21H,1-5,12-16H2. The molecule has 0 unspecified atom stereocenters. The second-order valence-corrected chi connectivity index (χ2v) is 10.1. The van der Waals surface area contributed by atoms with Crippen molar-refractivity contribution in [2.45, 2.75) is 56.0 Å². The molecule has 1 saturated carbocycles. The number of alkyl halides is 2. The molecule has 1 aromatic heterocycles. The minimum Gasteiger partial charge on any atom is -0.293 e. The number of imidazole rings is 1. The number of hydrogen-bond acceptors (Lipinski definition) is 4. The maximum atomic E-state index is 13.0. The van der Waals surface area contributed by atoms with E-state index in [0.717, 1.165) is 4.57 Å². The highest BCUT2D eigenvalue weighted by molar-refractivity contribution is 7.89. The number of benzene rings is 1. The first-order chi connectivity index (χ1) is 14.4. The van der Waals surface area contributed by atoms with Gasteiger partial charge >= 0.3 is 6.55 Å². The molecule has 1 aromatic carbocycles. The largest absolute Gasteiger partial charge is 0.319 e. The third-order valence-corrected chi connectivity index (χ3v) is 8.16. The van der Waals surface area contributed by atoms with Crippen LogP contribution in [0.5, 0.6) is 0 Å². The Bertz CT molecular complexity index is 932. The summed E-state index contributed by atoms with van der Waals surface area (Å²) in [6.45, 7) is -0.711. The molecular formula is C21H28F2N4O2S. The van der Waals surface area contributed by atoms with Crippen molar-refractivity contribution < 1.29 is 17.2 Å². The average molecular weight is 439 g/mol. The molecule has 0 N–H and O–H groups in total. The van der Waals surface area contributed by atoms with E-state index in [4.69, 9.17) is 0 Å². The number of rotatable bonds is 6. The van der Waals surface area contributed by atoms with Crippen LogP contribution in [0.15, 0.2) is 41.6 Å². The summed E-state index contributed by atoms with van der Waals surface area (Å²) in [6, 6.07) is 7.38. The van der Waals surface area contributed by atoms with Crippen molar-refractivity contribution in [1.82, 2.24) is 18.8 Å². The molecule has 1 aliphatic carbocycles. The number of hydrogen-bond donors (Lipinski definition) is 0. The van der Waals surface area contributed by atoms with Crippen molar-refractivity contribution in [3.63, 3.8) is 0 Å². The van der Waals surface area contributed by atoms with Gasteiger partial charge in [-0.3, -0.25) is 9.47 Å². The highest BCUT2D eigenvalue weighted by Gasteiger charge is 2.29. The molecule has 0 spiro atoms. The van der Waals surface area contributed by atoms with Gasteiger partial charge in [0.1, 0.15) is 5.82 Å². The SMILES string of the molecule is O=S(=O)(c1ccc(C2CCCCC2)cc1)N1CCN(Cc2nccn2C(F)F)CC1. The maximum absolute atomic E-state index is 13.0. The lowest BCUT2D eigenvalue weighted by Gasteiger charge is -2.33. The van der Waals surface area contributed by atoms with Crippen molar-refractivity contribution in [2.24, 2.45) is 0 Å². The summed E-state index contributed by atoms with van der Waals surface area (Å²) in [5.41, 5.74) is 1.23. The Kier molecular flexibility index (Phi) is 6.50. The van der Waals surface area contributed by atoms with Crippen molar-refractivity contribution in [2.75, 3.05) is 26.2 Å². The van der Waals surface area contributed by atoms with Gasteiger partial charge in [0.15, 0.2) is 0 Å². The molecule has 4 rings (SSSR count). The Morgan fingerprint density at radius 3 is 2.30 bits per heavy atom. The van der Waals surface area contributed by atoms with E-state index in [9.17, 15) is 17.2 Å². The van der Waals surface area contributed by atoms with Gasteiger partial charge in [0, 0.05) is 38.6 Å². The predicted molar refractivity (Wildman–Crippen MR) is 110 cm³/mol. The molecule has 2 aliphatic rings. The van der Waals surface area contributed by atoms with Crippen molar-refractivity contribution >= 4 is 10.0 Å². The smallest absolute Gasteiger partial charge is 0.293 e. The van der Waals surface area contributed by atoms with Gasteiger partial charge in [-0.2, -0.15) is 13.1 Å². The summed E-state index contributed by atoms with van der Waals surface area (Å²) in [6.07, 6.45) is 8.75. The summed E-state index contributed by atoms with van der Waals surface area (Å²) in [5.74, 6) is 0.833. The summed E-state index contributed by atoms with van der Waals surface area (Å²) < 4.78 is 54.4. The van der Waals surface area contributed by atoms with Gasteiger partial charge < -0.3 is 0 Å². The van der Waals surface area contributed by atoms with Gasteiger partial charge in [-0.05, 0) is 36.5 Å². The first-order valence-electron chi connectivity index (χ1n) is 10.6. The average Bonchev–Trinajstić information content (AvgIpc) is 3.23. The van der Waals surface area contributed by atoms with E-state index >= 15 is 0 Å². The van der Waals surface area contributed by atoms with Gasteiger partial charge in [-0.15, -0.1) is 0 Å². The summed E-state index contributed by atoms with van der Waals surface area (Å²) in [4.78, 5) is 6.28. The Morgan fingerprint density at radius 2 is 1.67 bits per heavy atom. The van der Waals surface area contributed by atoms with Crippen LogP contribution in [0.25, 0.3) is 0 Å². The zero-order valence-electron chi connectivity index (χ0n) is 17.0. The molecule has 2 aromatic rings. The minimum absolute atomic E-state index is 0.279. The molecule has 164 valence electrons. The van der Waals surface area contributed by atoms with Crippen LogP contribution in [0.4, 0.5) is 8.78 Å².